The van der Waals surface area contributed by atoms with Crippen LogP contribution in [0.4, 0.5) is 5.69 Å². The molecule has 1 heterocycles. The van der Waals surface area contributed by atoms with Crippen molar-refractivity contribution in [2.75, 3.05) is 17.6 Å². The van der Waals surface area contributed by atoms with E-state index < -0.39 is 27.7 Å². The molecule has 10 heteroatoms. The van der Waals surface area contributed by atoms with Gasteiger partial charge < -0.3 is 15.1 Å². The number of nitrogens with zero attached hydrogens (tertiary/aromatic N) is 1. The van der Waals surface area contributed by atoms with Crippen molar-refractivity contribution in [2.45, 2.75) is 51.4 Å². The predicted octanol–water partition coefficient (Wildman–Crippen LogP) is 6.18. The van der Waals surface area contributed by atoms with Crippen LogP contribution in [0.15, 0.2) is 83.3 Å². The summed E-state index contributed by atoms with van der Waals surface area (Å²) in [6.07, 6.45) is 6.22. The Hall–Kier alpha value is -4.54. The van der Waals surface area contributed by atoms with Gasteiger partial charge >= 0.3 is 0 Å². The number of fused-ring (bicyclic) bond motifs is 1. The highest BCUT2D eigenvalue weighted by molar-refractivity contribution is 7.85. The highest BCUT2D eigenvalue weighted by Gasteiger charge is 2.23. The lowest BCUT2D eigenvalue weighted by Crippen LogP contribution is -2.28. The Bertz CT molecular complexity index is 1800. The lowest BCUT2D eigenvalue weighted by atomic mass is 9.84. The summed E-state index contributed by atoms with van der Waals surface area (Å²) < 4.78 is 36.7. The normalized spacial score (nSPS) is 13.6. The predicted molar refractivity (Wildman–Crippen MR) is 175 cm³/mol. The maximum absolute atomic E-state index is 13.8. The molecule has 1 aliphatic carbocycles. The van der Waals surface area contributed by atoms with Crippen molar-refractivity contribution < 1.29 is 27.0 Å². The van der Waals surface area contributed by atoms with Crippen LogP contribution in [0.3, 0.4) is 0 Å². The molecule has 5 rings (SSSR count). The summed E-state index contributed by atoms with van der Waals surface area (Å²) >= 11 is 0. The molecule has 1 aliphatic rings. The Balaban J connectivity index is 1.32. The molecule has 0 spiro atoms. The van der Waals surface area contributed by atoms with Crippen LogP contribution in [0.1, 0.15) is 71.6 Å². The number of oxazole rings is 1. The van der Waals surface area contributed by atoms with Crippen LogP contribution in [-0.2, 0) is 33.2 Å². The summed E-state index contributed by atoms with van der Waals surface area (Å²) in [4.78, 5) is 30.8. The zero-order valence-electron chi connectivity index (χ0n) is 25.5. The molecule has 1 unspecified atom stereocenters. The summed E-state index contributed by atoms with van der Waals surface area (Å²) in [5.74, 6) is -0.271. The Kier molecular flexibility index (Phi) is 9.36. The van der Waals surface area contributed by atoms with Crippen molar-refractivity contribution >= 4 is 33.7 Å². The second-order valence-electron chi connectivity index (χ2n) is 12.2. The van der Waals surface area contributed by atoms with Crippen LogP contribution >= 0.6 is 0 Å². The minimum atomic E-state index is -4.17. The van der Waals surface area contributed by atoms with Gasteiger partial charge in [-0.05, 0) is 77.4 Å². The topological polar surface area (TPSA) is 139 Å². The van der Waals surface area contributed by atoms with Crippen LogP contribution in [-0.4, -0.2) is 42.1 Å². The molecule has 0 fully saturated rings. The van der Waals surface area contributed by atoms with Crippen molar-refractivity contribution in [1.82, 2.24) is 10.3 Å². The lowest BCUT2D eigenvalue weighted by molar-refractivity contribution is -0.117. The van der Waals surface area contributed by atoms with Gasteiger partial charge in [0.15, 0.2) is 0 Å². The second-order valence-corrected chi connectivity index (χ2v) is 13.8. The van der Waals surface area contributed by atoms with E-state index in [4.69, 9.17) is 8.97 Å². The first-order valence-electron chi connectivity index (χ1n) is 14.9. The first kappa shape index (κ1) is 31.9. The van der Waals surface area contributed by atoms with Gasteiger partial charge in [-0.25, -0.2) is 4.98 Å². The number of hydrogen-bond acceptors (Lipinski definition) is 6. The Morgan fingerprint density at radius 3 is 2.29 bits per heavy atom. The number of carbonyl (C=O) groups is 2. The van der Waals surface area contributed by atoms with Gasteiger partial charge in [-0.3, -0.25) is 14.1 Å². The highest BCUT2D eigenvalue weighted by Crippen LogP contribution is 2.30. The third-order valence-corrected chi connectivity index (χ3v) is 8.46. The Morgan fingerprint density at radius 2 is 1.67 bits per heavy atom. The third kappa shape index (κ3) is 8.34. The fourth-order valence-corrected chi connectivity index (χ4v) is 5.49. The minimum absolute atomic E-state index is 0.0335. The number of allylic oxidation sites excluding steroid dienone is 1. The van der Waals surface area contributed by atoms with E-state index in [1.165, 1.54) is 0 Å². The number of aromatic nitrogens is 1. The van der Waals surface area contributed by atoms with Gasteiger partial charge in [0.2, 0.25) is 11.8 Å². The van der Waals surface area contributed by atoms with Crippen LogP contribution < -0.4 is 10.6 Å². The molecule has 1 aromatic heterocycles. The van der Waals surface area contributed by atoms with E-state index >= 15 is 0 Å². The number of rotatable bonds is 10. The number of nitrogens with one attached hydrogen (secondary N) is 2. The molecule has 234 valence electrons. The fourth-order valence-electron chi connectivity index (χ4n) is 5.13. The van der Waals surface area contributed by atoms with Crippen LogP contribution in [0.2, 0.25) is 0 Å². The van der Waals surface area contributed by atoms with Gasteiger partial charge in [0.1, 0.15) is 11.5 Å². The van der Waals surface area contributed by atoms with E-state index in [0.717, 1.165) is 46.5 Å². The van der Waals surface area contributed by atoms with Crippen molar-refractivity contribution in [2.24, 2.45) is 0 Å². The number of anilines is 1. The SMILES string of the molecule is CC(C)(C)c1ccc(C(Cc2ccc(C(=O)NCCS(=O)(=O)O)cc2)C(=O)Nc2ccc(-c3nc4c(o3)CCC=C4)cc2)cc1. The molecule has 9 nitrogen and oxygen atoms in total. The molecule has 1 atom stereocenters. The molecule has 0 bridgehead atoms. The summed E-state index contributed by atoms with van der Waals surface area (Å²) in [6, 6.07) is 22.3. The van der Waals surface area contributed by atoms with E-state index in [-0.39, 0.29) is 17.9 Å². The zero-order chi connectivity index (χ0) is 32.2. The molecular formula is C35H37N3O6S. The van der Waals surface area contributed by atoms with E-state index in [2.05, 4.69) is 54.6 Å². The van der Waals surface area contributed by atoms with E-state index in [9.17, 15) is 18.0 Å². The van der Waals surface area contributed by atoms with Gasteiger partial charge in [-0.15, -0.1) is 0 Å². The van der Waals surface area contributed by atoms with Gasteiger partial charge in [-0.2, -0.15) is 8.42 Å². The largest absolute Gasteiger partial charge is 0.441 e. The van der Waals surface area contributed by atoms with Crippen LogP contribution in [0.25, 0.3) is 17.5 Å². The van der Waals surface area contributed by atoms with Gasteiger partial charge in [0.25, 0.3) is 16.0 Å². The smallest absolute Gasteiger partial charge is 0.266 e. The van der Waals surface area contributed by atoms with Crippen molar-refractivity contribution in [3.05, 3.63) is 113 Å². The standard InChI is InChI=1S/C35H37N3O6S/c1-35(2,3)27-16-12-24(13-17-27)29(22-23-8-10-25(11-9-23)32(39)36-20-21-45(41,42)43)33(40)37-28-18-14-26(15-19-28)34-38-30-6-4-5-7-31(30)44-34/h4,6,8-19,29H,5,7,20-22H2,1-3H3,(H,36,39)(H,37,40)(H,41,42,43). The number of benzene rings is 3. The number of aryl methyl sites for hydroxylation is 1. The molecular weight excluding hydrogens is 590 g/mol. The molecule has 0 saturated carbocycles. The molecule has 2 amide bonds. The third-order valence-electron chi connectivity index (χ3n) is 7.74. The Morgan fingerprint density at radius 1 is 0.978 bits per heavy atom. The quantitative estimate of drug-likeness (QED) is 0.179. The van der Waals surface area contributed by atoms with Crippen LogP contribution in [0, 0.1) is 0 Å². The first-order chi connectivity index (χ1) is 21.4. The molecule has 4 aromatic rings. The minimum Gasteiger partial charge on any atom is -0.441 e. The van der Waals surface area contributed by atoms with Crippen molar-refractivity contribution in [3.63, 3.8) is 0 Å². The molecule has 3 N–H and O–H groups in total. The van der Waals surface area contributed by atoms with Crippen molar-refractivity contribution in [1.29, 1.82) is 0 Å². The molecule has 45 heavy (non-hydrogen) atoms. The Labute approximate surface area is 263 Å². The highest BCUT2D eigenvalue weighted by atomic mass is 32.2. The summed E-state index contributed by atoms with van der Waals surface area (Å²) in [5.41, 5.74) is 5.51. The second kappa shape index (κ2) is 13.2. The number of amides is 2. The summed E-state index contributed by atoms with van der Waals surface area (Å²) in [5, 5.41) is 5.54. The van der Waals surface area contributed by atoms with Gasteiger partial charge in [0, 0.05) is 29.8 Å². The maximum atomic E-state index is 13.8. The zero-order valence-corrected chi connectivity index (χ0v) is 26.4. The summed E-state index contributed by atoms with van der Waals surface area (Å²) in [6.45, 7) is 6.21. The van der Waals surface area contributed by atoms with E-state index in [1.807, 2.05) is 42.5 Å². The van der Waals surface area contributed by atoms with Gasteiger partial charge in [0.05, 0.1) is 11.7 Å². The average molecular weight is 628 g/mol. The number of hydrogen-bond donors (Lipinski definition) is 3. The van der Waals surface area contributed by atoms with Gasteiger partial charge in [-0.1, -0.05) is 63.2 Å². The maximum Gasteiger partial charge on any atom is 0.266 e. The average Bonchev–Trinajstić information content (AvgIpc) is 3.44. The fraction of sp³-hybridized carbons (Fsp3) is 0.286. The monoisotopic (exact) mass is 627 g/mol. The van der Waals surface area contributed by atoms with E-state index in [1.54, 1.807) is 24.3 Å². The first-order valence-corrected chi connectivity index (χ1v) is 16.5. The molecule has 0 saturated heterocycles. The van der Waals surface area contributed by atoms with E-state index in [0.29, 0.717) is 23.6 Å². The summed E-state index contributed by atoms with van der Waals surface area (Å²) in [7, 11) is -4.17. The molecule has 3 aromatic carbocycles. The molecule has 0 aliphatic heterocycles. The van der Waals surface area contributed by atoms with Crippen molar-refractivity contribution in [3.8, 4) is 11.5 Å². The number of carbonyl (C=O) groups excluding carboxylic acids is 2. The lowest BCUT2D eigenvalue weighted by Gasteiger charge is -2.22. The van der Waals surface area contributed by atoms with Crippen LogP contribution in [0.5, 0.6) is 0 Å². The molecule has 0 radical (unpaired) electrons.